The second-order valence-corrected chi connectivity index (χ2v) is 11.7. The van der Waals surface area contributed by atoms with Crippen molar-refractivity contribution in [1.82, 2.24) is 9.97 Å². The molecule has 0 radical (unpaired) electrons. The summed E-state index contributed by atoms with van der Waals surface area (Å²) in [6.07, 6.45) is 1.90. The molecule has 0 bridgehead atoms. The number of pyridine rings is 2. The summed E-state index contributed by atoms with van der Waals surface area (Å²) in [5.74, 6) is -0.523. The zero-order valence-electron chi connectivity index (χ0n) is 26.8. The average molecular weight is 627 g/mol. The second-order valence-electron chi connectivity index (χ2n) is 11.7. The van der Waals surface area contributed by atoms with Crippen molar-refractivity contribution in [2.75, 3.05) is 10.6 Å². The SMILES string of the molecule is CCc1ccc(-c2cc(C(=O)Nc3cccc(NC(=O)c4cc(-c5ccc(CC)cc5)nc5ccccc45)c3)c3ccccc3n2)cc1. The number of rotatable bonds is 8. The molecule has 0 saturated heterocycles. The molecule has 7 aromatic rings. The highest BCUT2D eigenvalue weighted by Gasteiger charge is 2.17. The van der Waals surface area contributed by atoms with Gasteiger partial charge in [-0.3, -0.25) is 9.59 Å². The molecule has 0 aliphatic rings. The van der Waals surface area contributed by atoms with Gasteiger partial charge in [-0.05, 0) is 66.4 Å². The molecule has 2 N–H and O–H groups in total. The maximum Gasteiger partial charge on any atom is 0.256 e. The fourth-order valence-electron chi connectivity index (χ4n) is 5.92. The first kappa shape index (κ1) is 30.5. The first-order valence-corrected chi connectivity index (χ1v) is 16.2. The second kappa shape index (κ2) is 13.3. The Bertz CT molecular complexity index is 2130. The number of hydrogen-bond acceptors (Lipinski definition) is 4. The molecule has 0 aliphatic heterocycles. The first-order valence-electron chi connectivity index (χ1n) is 16.2. The Kier molecular flexibility index (Phi) is 8.46. The summed E-state index contributed by atoms with van der Waals surface area (Å²) in [5.41, 5.74) is 9.47. The van der Waals surface area contributed by atoms with Gasteiger partial charge >= 0.3 is 0 Å². The van der Waals surface area contributed by atoms with Gasteiger partial charge in [-0.15, -0.1) is 0 Å². The van der Waals surface area contributed by atoms with Gasteiger partial charge in [0.2, 0.25) is 0 Å². The summed E-state index contributed by atoms with van der Waals surface area (Å²) in [5, 5.41) is 7.61. The Morgan fingerprint density at radius 1 is 0.500 bits per heavy atom. The number of benzene rings is 5. The highest BCUT2D eigenvalue weighted by Crippen LogP contribution is 2.29. The quantitative estimate of drug-likeness (QED) is 0.176. The van der Waals surface area contributed by atoms with Crippen LogP contribution in [-0.2, 0) is 12.8 Å². The number of carbonyl (C=O) groups is 2. The molecule has 48 heavy (non-hydrogen) atoms. The minimum atomic E-state index is -0.262. The van der Waals surface area contributed by atoms with Gasteiger partial charge in [0.15, 0.2) is 0 Å². The summed E-state index contributed by atoms with van der Waals surface area (Å²) < 4.78 is 0. The Morgan fingerprint density at radius 3 is 1.33 bits per heavy atom. The predicted molar refractivity (Wildman–Crippen MR) is 195 cm³/mol. The van der Waals surface area contributed by atoms with Crippen LogP contribution < -0.4 is 10.6 Å². The Balaban J connectivity index is 1.16. The van der Waals surface area contributed by atoms with Crippen LogP contribution >= 0.6 is 0 Å². The van der Waals surface area contributed by atoms with Crippen molar-refractivity contribution in [2.45, 2.75) is 26.7 Å². The van der Waals surface area contributed by atoms with E-state index in [4.69, 9.17) is 9.97 Å². The molecular weight excluding hydrogens is 592 g/mol. The number of fused-ring (bicyclic) bond motifs is 2. The van der Waals surface area contributed by atoms with Gasteiger partial charge in [0.1, 0.15) is 0 Å². The number of aryl methyl sites for hydroxylation is 2. The van der Waals surface area contributed by atoms with Gasteiger partial charge in [-0.25, -0.2) is 9.97 Å². The molecule has 234 valence electrons. The van der Waals surface area contributed by atoms with Crippen LogP contribution in [0.5, 0.6) is 0 Å². The normalized spacial score (nSPS) is 11.0. The summed E-state index contributed by atoms with van der Waals surface area (Å²) >= 11 is 0. The molecule has 0 aliphatic carbocycles. The largest absolute Gasteiger partial charge is 0.322 e. The van der Waals surface area contributed by atoms with Gasteiger partial charge in [0.25, 0.3) is 11.8 Å². The van der Waals surface area contributed by atoms with Crippen LogP contribution in [0.1, 0.15) is 45.7 Å². The molecule has 2 heterocycles. The standard InChI is InChI=1S/C42H34N4O2/c1-3-27-16-20-29(21-17-27)39-25-35(33-12-5-7-14-37(33)45-39)41(47)43-31-10-9-11-32(24-31)44-42(48)36-26-40(30-22-18-28(4-2)19-23-30)46-38-15-8-6-13-34(36)38/h5-26H,3-4H2,1-2H3,(H,43,47)(H,44,48). The molecule has 5 aromatic carbocycles. The molecular formula is C42H34N4O2. The highest BCUT2D eigenvalue weighted by atomic mass is 16.2. The molecule has 0 spiro atoms. The number of para-hydroxylation sites is 2. The van der Waals surface area contributed by atoms with E-state index < -0.39 is 0 Å². The van der Waals surface area contributed by atoms with Crippen LogP contribution in [0.3, 0.4) is 0 Å². The molecule has 2 aromatic heterocycles. The highest BCUT2D eigenvalue weighted by molar-refractivity contribution is 6.15. The number of carbonyl (C=O) groups excluding carboxylic acids is 2. The molecule has 2 amide bonds. The Hall–Kier alpha value is -6.14. The van der Waals surface area contributed by atoms with Crippen LogP contribution in [0.2, 0.25) is 0 Å². The van der Waals surface area contributed by atoms with E-state index in [0.717, 1.165) is 57.2 Å². The molecule has 6 heteroatoms. The maximum absolute atomic E-state index is 13.8. The lowest BCUT2D eigenvalue weighted by Gasteiger charge is -2.13. The van der Waals surface area contributed by atoms with E-state index >= 15 is 0 Å². The fraction of sp³-hybridized carbons (Fsp3) is 0.0952. The third-order valence-corrected chi connectivity index (χ3v) is 8.62. The van der Waals surface area contributed by atoms with Crippen molar-refractivity contribution in [3.8, 4) is 22.5 Å². The molecule has 0 fully saturated rings. The van der Waals surface area contributed by atoms with E-state index in [-0.39, 0.29) is 11.8 Å². The summed E-state index contributed by atoms with van der Waals surface area (Å²) in [6, 6.07) is 42.7. The first-order chi connectivity index (χ1) is 23.5. The lowest BCUT2D eigenvalue weighted by molar-refractivity contribution is 0.102. The zero-order chi connectivity index (χ0) is 33.0. The molecule has 6 nitrogen and oxygen atoms in total. The Labute approximate surface area is 279 Å². The Morgan fingerprint density at radius 2 is 0.917 bits per heavy atom. The van der Waals surface area contributed by atoms with E-state index in [1.54, 1.807) is 18.2 Å². The molecule has 7 rings (SSSR count). The van der Waals surface area contributed by atoms with Crippen LogP contribution in [0.25, 0.3) is 44.3 Å². The van der Waals surface area contributed by atoms with Gasteiger partial charge in [0.05, 0.1) is 33.5 Å². The number of amides is 2. The van der Waals surface area contributed by atoms with Crippen molar-refractivity contribution in [2.24, 2.45) is 0 Å². The van der Waals surface area contributed by atoms with E-state index in [2.05, 4.69) is 48.7 Å². The summed E-state index contributed by atoms with van der Waals surface area (Å²) in [7, 11) is 0. The lowest BCUT2D eigenvalue weighted by Crippen LogP contribution is -2.15. The van der Waals surface area contributed by atoms with Gasteiger partial charge in [-0.1, -0.05) is 105 Å². The van der Waals surface area contributed by atoms with Crippen molar-refractivity contribution >= 4 is 45.0 Å². The van der Waals surface area contributed by atoms with Crippen molar-refractivity contribution in [3.05, 3.63) is 156 Å². The van der Waals surface area contributed by atoms with Gasteiger partial charge in [-0.2, -0.15) is 0 Å². The zero-order valence-corrected chi connectivity index (χ0v) is 26.8. The van der Waals surface area contributed by atoms with E-state index in [1.807, 2.05) is 91.0 Å². The smallest absolute Gasteiger partial charge is 0.256 e. The third-order valence-electron chi connectivity index (χ3n) is 8.62. The number of nitrogens with one attached hydrogen (secondary N) is 2. The van der Waals surface area contributed by atoms with Crippen molar-refractivity contribution in [1.29, 1.82) is 0 Å². The minimum absolute atomic E-state index is 0.262. The van der Waals surface area contributed by atoms with Crippen molar-refractivity contribution < 1.29 is 9.59 Å². The minimum Gasteiger partial charge on any atom is -0.322 e. The van der Waals surface area contributed by atoms with Crippen molar-refractivity contribution in [3.63, 3.8) is 0 Å². The number of anilines is 2. The predicted octanol–water partition coefficient (Wildman–Crippen LogP) is 9.75. The fourth-order valence-corrected chi connectivity index (χ4v) is 5.92. The number of nitrogens with zero attached hydrogens (tertiary/aromatic N) is 2. The number of aromatic nitrogens is 2. The topological polar surface area (TPSA) is 84.0 Å². The third kappa shape index (κ3) is 6.29. The molecule has 0 atom stereocenters. The number of hydrogen-bond donors (Lipinski definition) is 2. The van der Waals surface area contributed by atoms with Crippen LogP contribution in [0, 0.1) is 0 Å². The van der Waals surface area contributed by atoms with Gasteiger partial charge < -0.3 is 10.6 Å². The average Bonchev–Trinajstić information content (AvgIpc) is 3.14. The summed E-state index contributed by atoms with van der Waals surface area (Å²) in [4.78, 5) is 37.3. The molecule has 0 unspecified atom stereocenters. The van der Waals surface area contributed by atoms with Crippen LogP contribution in [0.4, 0.5) is 11.4 Å². The maximum atomic E-state index is 13.8. The monoisotopic (exact) mass is 626 g/mol. The van der Waals surface area contributed by atoms with Crippen LogP contribution in [-0.4, -0.2) is 21.8 Å². The van der Waals surface area contributed by atoms with Crippen LogP contribution in [0.15, 0.2) is 133 Å². The molecule has 0 saturated carbocycles. The summed E-state index contributed by atoms with van der Waals surface area (Å²) in [6.45, 7) is 4.24. The van der Waals surface area contributed by atoms with E-state index in [0.29, 0.717) is 22.5 Å². The van der Waals surface area contributed by atoms with E-state index in [1.165, 1.54) is 11.1 Å². The van der Waals surface area contributed by atoms with E-state index in [9.17, 15) is 9.59 Å². The van der Waals surface area contributed by atoms with Gasteiger partial charge in [0, 0.05) is 33.3 Å². The lowest BCUT2D eigenvalue weighted by atomic mass is 10.0.